The van der Waals surface area contributed by atoms with Gasteiger partial charge in [0.15, 0.2) is 0 Å². The quantitative estimate of drug-likeness (QED) is 0.117. The first-order chi connectivity index (χ1) is 21.8. The van der Waals surface area contributed by atoms with E-state index in [2.05, 4.69) is 153 Å². The van der Waals surface area contributed by atoms with Gasteiger partial charge in [0.2, 0.25) is 0 Å². The average Bonchev–Trinajstić information content (AvgIpc) is 2.98. The molecule has 0 aromatic carbocycles. The van der Waals surface area contributed by atoms with E-state index in [4.69, 9.17) is 0 Å². The lowest BCUT2D eigenvalue weighted by atomic mass is 9.61. The molecule has 0 amide bonds. The van der Waals surface area contributed by atoms with Crippen LogP contribution in [0.15, 0.2) is 142 Å². The van der Waals surface area contributed by atoms with Gasteiger partial charge in [-0.05, 0) is 117 Å². The molecular weight excluding hydrogens is 556 g/mol. The van der Waals surface area contributed by atoms with Gasteiger partial charge in [-0.25, -0.2) is 0 Å². The normalized spacial score (nSPS) is 20.6. The maximum Gasteiger partial charge on any atom is 0.0639 e. The molecule has 1 unspecified atom stereocenters. The zero-order valence-corrected chi connectivity index (χ0v) is 30.9. The van der Waals surface area contributed by atoms with Gasteiger partial charge in [-0.3, -0.25) is 0 Å². The van der Waals surface area contributed by atoms with E-state index >= 15 is 0 Å². The SMILES string of the molecule is CC(C)=CCC/C(C)=C/C=C/C(C)=C/C#C/C(C)=C/C=C/C=C(C)/C=C/C=C(C)/C=C/[C@H]1C(C)=CCC(C/C=C(\C)CO)C1(C)C. The fourth-order valence-electron chi connectivity index (χ4n) is 5.31. The zero-order valence-electron chi connectivity index (χ0n) is 30.9. The summed E-state index contributed by atoms with van der Waals surface area (Å²) in [5.74, 6) is 7.35. The molecule has 1 aliphatic rings. The van der Waals surface area contributed by atoms with Gasteiger partial charge in [-0.2, -0.15) is 0 Å². The van der Waals surface area contributed by atoms with Crippen molar-refractivity contribution in [3.8, 4) is 11.8 Å². The fraction of sp³-hybridized carbons (Fsp3) is 0.422. The largest absolute Gasteiger partial charge is 0.392 e. The summed E-state index contributed by atoms with van der Waals surface area (Å²) in [6, 6.07) is 0. The van der Waals surface area contributed by atoms with Gasteiger partial charge in [-0.15, -0.1) is 0 Å². The zero-order chi connectivity index (χ0) is 34.5. The minimum Gasteiger partial charge on any atom is -0.392 e. The Bertz CT molecular complexity index is 1410. The Kier molecular flexibility index (Phi) is 19.3. The smallest absolute Gasteiger partial charge is 0.0639 e. The van der Waals surface area contributed by atoms with Gasteiger partial charge in [-0.1, -0.05) is 150 Å². The van der Waals surface area contributed by atoms with Crippen molar-refractivity contribution < 1.29 is 5.11 Å². The van der Waals surface area contributed by atoms with E-state index in [0.717, 1.165) is 42.4 Å². The van der Waals surface area contributed by atoms with Crippen molar-refractivity contribution in [1.82, 2.24) is 0 Å². The molecule has 1 aliphatic carbocycles. The summed E-state index contributed by atoms with van der Waals surface area (Å²) in [5, 5.41) is 9.38. The second-order valence-electron chi connectivity index (χ2n) is 13.7. The fourth-order valence-corrected chi connectivity index (χ4v) is 5.31. The highest BCUT2D eigenvalue weighted by Crippen LogP contribution is 2.47. The van der Waals surface area contributed by atoms with Crippen LogP contribution in [-0.2, 0) is 0 Å². The number of rotatable bonds is 14. The summed E-state index contributed by atoms with van der Waals surface area (Å²) in [6.07, 6.45) is 38.9. The van der Waals surface area contributed by atoms with Crippen LogP contribution in [0.3, 0.4) is 0 Å². The molecule has 0 bridgehead atoms. The Morgan fingerprint density at radius 3 is 2.13 bits per heavy atom. The standard InChI is InChI=1S/C45H62O/c1-35(2)18-14-21-38(5)24-16-26-39(6)25-15-22-36(3)19-12-13-20-37(4)23-17-27-40(7)29-33-44-42(9)30-32-43(45(44,10)11)31-28-41(8)34-46/h12-13,16-20,23-30,33,43-44,46H,14,21,31-32,34H2,1-11H3/b13-12+,23-17+,26-16+,33-29+,36-19+,37-20+,38-24+,39-25+,40-27+,41-28+/t43?,44-/m0/s1. The third kappa shape index (κ3) is 17.2. The number of aliphatic hydroxyl groups is 1. The third-order valence-electron chi connectivity index (χ3n) is 8.56. The first-order valence-corrected chi connectivity index (χ1v) is 16.9. The molecule has 1 heteroatoms. The molecule has 0 aliphatic heterocycles. The van der Waals surface area contributed by atoms with E-state index in [1.807, 2.05) is 32.1 Å². The lowest BCUT2D eigenvalue weighted by Gasteiger charge is -2.43. The molecule has 0 aromatic heterocycles. The van der Waals surface area contributed by atoms with E-state index < -0.39 is 0 Å². The summed E-state index contributed by atoms with van der Waals surface area (Å²) < 4.78 is 0. The van der Waals surface area contributed by atoms with E-state index in [1.165, 1.54) is 27.9 Å². The van der Waals surface area contributed by atoms with Crippen LogP contribution >= 0.6 is 0 Å². The lowest BCUT2D eigenvalue weighted by molar-refractivity contribution is 0.154. The van der Waals surface area contributed by atoms with Crippen LogP contribution in [-0.4, -0.2) is 11.7 Å². The second kappa shape index (κ2) is 22.0. The molecule has 0 fully saturated rings. The van der Waals surface area contributed by atoms with Crippen LogP contribution in [0.2, 0.25) is 0 Å². The molecule has 1 nitrogen and oxygen atoms in total. The molecule has 0 saturated carbocycles. The molecule has 0 aromatic rings. The Morgan fingerprint density at radius 2 is 1.43 bits per heavy atom. The molecule has 0 heterocycles. The van der Waals surface area contributed by atoms with Crippen molar-refractivity contribution in [2.75, 3.05) is 6.61 Å². The lowest BCUT2D eigenvalue weighted by Crippen LogP contribution is -2.35. The number of allylic oxidation sites excluding steroid dienone is 23. The van der Waals surface area contributed by atoms with Crippen LogP contribution in [0.5, 0.6) is 0 Å². The van der Waals surface area contributed by atoms with Crippen LogP contribution in [0.1, 0.15) is 102 Å². The van der Waals surface area contributed by atoms with E-state index in [-0.39, 0.29) is 12.0 Å². The van der Waals surface area contributed by atoms with Gasteiger partial charge < -0.3 is 5.11 Å². The van der Waals surface area contributed by atoms with Gasteiger partial charge >= 0.3 is 0 Å². The minimum absolute atomic E-state index is 0.145. The summed E-state index contributed by atoms with van der Waals surface area (Å²) in [6.45, 7) is 24.1. The average molecular weight is 619 g/mol. The van der Waals surface area contributed by atoms with Crippen molar-refractivity contribution >= 4 is 0 Å². The van der Waals surface area contributed by atoms with Crippen LogP contribution in [0.4, 0.5) is 0 Å². The van der Waals surface area contributed by atoms with Gasteiger partial charge in [0, 0.05) is 5.92 Å². The van der Waals surface area contributed by atoms with Gasteiger partial charge in [0.1, 0.15) is 0 Å². The summed E-state index contributed by atoms with van der Waals surface area (Å²) >= 11 is 0. The molecule has 0 radical (unpaired) electrons. The van der Waals surface area contributed by atoms with E-state index in [9.17, 15) is 5.11 Å². The molecule has 1 N–H and O–H groups in total. The van der Waals surface area contributed by atoms with Crippen LogP contribution in [0.25, 0.3) is 0 Å². The first-order valence-electron chi connectivity index (χ1n) is 16.9. The first kappa shape index (κ1) is 40.4. The molecular formula is C45H62O. The highest BCUT2D eigenvalue weighted by Gasteiger charge is 2.38. The van der Waals surface area contributed by atoms with Crippen molar-refractivity contribution in [3.63, 3.8) is 0 Å². The molecule has 46 heavy (non-hydrogen) atoms. The van der Waals surface area contributed by atoms with Crippen molar-refractivity contribution in [2.24, 2.45) is 17.3 Å². The number of hydrogen-bond donors (Lipinski definition) is 1. The van der Waals surface area contributed by atoms with Crippen molar-refractivity contribution in [1.29, 1.82) is 0 Å². The predicted molar refractivity (Wildman–Crippen MR) is 206 cm³/mol. The Balaban J connectivity index is 2.70. The summed E-state index contributed by atoms with van der Waals surface area (Å²) in [7, 11) is 0. The highest BCUT2D eigenvalue weighted by atomic mass is 16.3. The Morgan fingerprint density at radius 1 is 0.804 bits per heavy atom. The summed E-state index contributed by atoms with van der Waals surface area (Å²) in [4.78, 5) is 0. The predicted octanol–water partition coefficient (Wildman–Crippen LogP) is 12.6. The third-order valence-corrected chi connectivity index (χ3v) is 8.56. The molecule has 0 saturated heterocycles. The Hall–Kier alpha value is -3.60. The van der Waals surface area contributed by atoms with E-state index in [0.29, 0.717) is 11.8 Å². The van der Waals surface area contributed by atoms with Crippen LogP contribution in [0, 0.1) is 29.1 Å². The molecule has 1 rings (SSSR count). The summed E-state index contributed by atoms with van der Waals surface area (Å²) in [5.41, 5.74) is 10.0. The monoisotopic (exact) mass is 618 g/mol. The van der Waals surface area contributed by atoms with Crippen molar-refractivity contribution in [2.45, 2.75) is 102 Å². The van der Waals surface area contributed by atoms with Crippen molar-refractivity contribution in [3.05, 3.63) is 142 Å². The van der Waals surface area contributed by atoms with Crippen LogP contribution < -0.4 is 0 Å². The van der Waals surface area contributed by atoms with E-state index in [1.54, 1.807) is 0 Å². The maximum absolute atomic E-state index is 9.38. The maximum atomic E-state index is 9.38. The topological polar surface area (TPSA) is 20.2 Å². The molecule has 2 atom stereocenters. The Labute approximate surface area is 283 Å². The molecule has 0 spiro atoms. The minimum atomic E-state index is 0.145. The van der Waals surface area contributed by atoms with Gasteiger partial charge in [0.05, 0.1) is 6.61 Å². The van der Waals surface area contributed by atoms with Gasteiger partial charge in [0.25, 0.3) is 0 Å². The number of aliphatic hydroxyl groups excluding tert-OH is 1. The molecule has 248 valence electrons. The highest BCUT2D eigenvalue weighted by molar-refractivity contribution is 5.38. The second-order valence-corrected chi connectivity index (χ2v) is 13.7. The number of hydrogen-bond acceptors (Lipinski definition) is 1.